The van der Waals surface area contributed by atoms with Crippen molar-refractivity contribution >= 4 is 38.6 Å². The van der Waals surface area contributed by atoms with Crippen molar-refractivity contribution < 1.29 is 18.3 Å². The molecule has 0 fully saturated rings. The van der Waals surface area contributed by atoms with Crippen molar-refractivity contribution in [3.63, 3.8) is 0 Å². The van der Waals surface area contributed by atoms with E-state index in [2.05, 4.69) is 10.1 Å². The van der Waals surface area contributed by atoms with E-state index < -0.39 is 6.67 Å². The Labute approximate surface area is 207 Å². The zero-order valence-electron chi connectivity index (χ0n) is 18.6. The molecule has 0 unspecified atom stereocenters. The zero-order chi connectivity index (χ0) is 23.8. The van der Waals surface area contributed by atoms with E-state index in [1.807, 2.05) is 53.9 Å². The molecule has 0 aliphatic heterocycles. The molecule has 0 saturated heterocycles. The molecule has 0 amide bonds. The van der Waals surface area contributed by atoms with Crippen molar-refractivity contribution in [3.8, 4) is 33.5 Å². The quantitative estimate of drug-likeness (QED) is 0.237. The first kappa shape index (κ1) is 21.8. The molecule has 6 aromatic rings. The van der Waals surface area contributed by atoms with Gasteiger partial charge in [0.25, 0.3) is 0 Å². The van der Waals surface area contributed by atoms with Crippen LogP contribution in [-0.4, -0.2) is 33.4 Å². The molecule has 35 heavy (non-hydrogen) atoms. The average molecular weight is 507 g/mol. The van der Waals surface area contributed by atoms with Crippen LogP contribution in [0.3, 0.4) is 0 Å². The smallest absolute Gasteiger partial charge is 0.212 e. The van der Waals surface area contributed by atoms with Crippen LogP contribution >= 0.6 is 22.7 Å². The van der Waals surface area contributed by atoms with Gasteiger partial charge in [0.15, 0.2) is 5.76 Å². The molecule has 0 atom stereocenters. The van der Waals surface area contributed by atoms with Gasteiger partial charge in [-0.25, -0.2) is 14.5 Å². The Morgan fingerprint density at radius 3 is 2.80 bits per heavy atom. The summed E-state index contributed by atoms with van der Waals surface area (Å²) < 4.78 is 32.0. The van der Waals surface area contributed by atoms with Crippen LogP contribution in [0.15, 0.2) is 64.5 Å². The molecule has 0 aliphatic rings. The van der Waals surface area contributed by atoms with Crippen molar-refractivity contribution in [1.29, 1.82) is 0 Å². The van der Waals surface area contributed by atoms with Gasteiger partial charge in [-0.1, -0.05) is 41.7 Å². The summed E-state index contributed by atoms with van der Waals surface area (Å²) >= 11 is 2.95. The SMILES string of the molecule is COc1cc(OCc2csc(-c3ccccc3)n2)c2cc(-c3cn4nc(CCF)sc4n3)oc2c1. The van der Waals surface area contributed by atoms with E-state index in [9.17, 15) is 4.39 Å². The predicted molar refractivity (Wildman–Crippen MR) is 134 cm³/mol. The van der Waals surface area contributed by atoms with Gasteiger partial charge in [-0.15, -0.1) is 11.3 Å². The molecule has 10 heteroatoms. The lowest BCUT2D eigenvalue weighted by Crippen LogP contribution is -1.96. The topological polar surface area (TPSA) is 74.7 Å². The van der Waals surface area contributed by atoms with Gasteiger partial charge in [-0.3, -0.25) is 4.39 Å². The Hall–Kier alpha value is -3.76. The minimum Gasteiger partial charge on any atom is -0.496 e. The lowest BCUT2D eigenvalue weighted by atomic mass is 10.2. The van der Waals surface area contributed by atoms with Gasteiger partial charge in [0.05, 0.1) is 31.1 Å². The largest absolute Gasteiger partial charge is 0.496 e. The number of aromatic nitrogens is 4. The van der Waals surface area contributed by atoms with Crippen LogP contribution in [0.5, 0.6) is 11.5 Å². The van der Waals surface area contributed by atoms with E-state index in [1.54, 1.807) is 29.2 Å². The highest BCUT2D eigenvalue weighted by Crippen LogP contribution is 2.37. The number of halogens is 1. The molecule has 0 spiro atoms. The lowest BCUT2D eigenvalue weighted by molar-refractivity contribution is 0.303. The van der Waals surface area contributed by atoms with Gasteiger partial charge in [0.1, 0.15) is 39.4 Å². The summed E-state index contributed by atoms with van der Waals surface area (Å²) in [5, 5.41) is 8.85. The maximum absolute atomic E-state index is 12.6. The maximum Gasteiger partial charge on any atom is 0.212 e. The molecular weight excluding hydrogens is 487 g/mol. The molecule has 4 heterocycles. The van der Waals surface area contributed by atoms with Crippen LogP contribution in [0.25, 0.3) is 38.0 Å². The third-order valence-corrected chi connectivity index (χ3v) is 7.33. The molecule has 0 N–H and O–H groups in total. The number of fused-ring (bicyclic) bond motifs is 2. The number of hydrogen-bond acceptors (Lipinski definition) is 8. The van der Waals surface area contributed by atoms with Crippen molar-refractivity contribution in [3.05, 3.63) is 70.8 Å². The Morgan fingerprint density at radius 1 is 1.11 bits per heavy atom. The molecule has 7 nitrogen and oxygen atoms in total. The molecule has 176 valence electrons. The minimum atomic E-state index is -0.438. The predicted octanol–water partition coefficient (Wildman–Crippen LogP) is 6.43. The van der Waals surface area contributed by atoms with E-state index in [-0.39, 0.29) is 0 Å². The van der Waals surface area contributed by atoms with Crippen LogP contribution in [0.1, 0.15) is 10.7 Å². The maximum atomic E-state index is 12.6. The van der Waals surface area contributed by atoms with Crippen LogP contribution in [0.4, 0.5) is 4.39 Å². The molecule has 0 saturated carbocycles. The highest BCUT2D eigenvalue weighted by atomic mass is 32.1. The summed E-state index contributed by atoms with van der Waals surface area (Å²) in [7, 11) is 1.60. The molecule has 0 bridgehead atoms. The van der Waals surface area contributed by atoms with E-state index in [1.165, 1.54) is 11.3 Å². The molecule has 0 radical (unpaired) electrons. The van der Waals surface area contributed by atoms with Gasteiger partial charge >= 0.3 is 0 Å². The fraction of sp³-hybridized carbons (Fsp3) is 0.160. The summed E-state index contributed by atoms with van der Waals surface area (Å²) in [5.74, 6) is 1.84. The van der Waals surface area contributed by atoms with Crippen molar-refractivity contribution in [2.75, 3.05) is 13.8 Å². The summed E-state index contributed by atoms with van der Waals surface area (Å²) in [6.07, 6.45) is 2.07. The highest BCUT2D eigenvalue weighted by Gasteiger charge is 2.17. The Kier molecular flexibility index (Phi) is 5.67. The van der Waals surface area contributed by atoms with Gasteiger partial charge in [0, 0.05) is 29.5 Å². The van der Waals surface area contributed by atoms with Crippen molar-refractivity contribution in [1.82, 2.24) is 19.6 Å². The standard InChI is InChI=1S/C25H19FN4O3S2/c1-31-17-9-20(32-13-16-14-34-24(27-16)15-5-3-2-4-6-15)18-11-22(33-21(18)10-17)19-12-30-25(28-19)35-23(29-30)7-8-26/h2-6,9-12,14H,7-8,13H2,1H3. The van der Waals surface area contributed by atoms with Gasteiger partial charge in [-0.2, -0.15) is 5.10 Å². The summed E-state index contributed by atoms with van der Waals surface area (Å²) in [6, 6.07) is 15.6. The monoisotopic (exact) mass is 506 g/mol. The van der Waals surface area contributed by atoms with E-state index >= 15 is 0 Å². The second kappa shape index (κ2) is 9.12. The number of imidazole rings is 1. The number of thiazole rings is 1. The van der Waals surface area contributed by atoms with Gasteiger partial charge in [-0.05, 0) is 6.07 Å². The fourth-order valence-electron chi connectivity index (χ4n) is 3.73. The van der Waals surface area contributed by atoms with Crippen molar-refractivity contribution in [2.45, 2.75) is 13.0 Å². The van der Waals surface area contributed by atoms with Crippen LogP contribution < -0.4 is 9.47 Å². The number of ether oxygens (including phenoxy) is 2. The average Bonchev–Trinajstić information content (AvgIpc) is 3.65. The van der Waals surface area contributed by atoms with Gasteiger partial charge in [0.2, 0.25) is 4.96 Å². The van der Waals surface area contributed by atoms with E-state index in [4.69, 9.17) is 18.9 Å². The van der Waals surface area contributed by atoms with Crippen LogP contribution in [0.2, 0.25) is 0 Å². The third kappa shape index (κ3) is 4.26. The van der Waals surface area contributed by atoms with Gasteiger partial charge < -0.3 is 13.9 Å². The normalized spacial score (nSPS) is 11.5. The number of nitrogens with zero attached hydrogens (tertiary/aromatic N) is 4. The van der Waals surface area contributed by atoms with Crippen LogP contribution in [0, 0.1) is 0 Å². The first-order valence-electron chi connectivity index (χ1n) is 10.9. The number of benzene rings is 2. The Morgan fingerprint density at radius 2 is 2.00 bits per heavy atom. The van der Waals surface area contributed by atoms with E-state index in [0.717, 1.165) is 21.7 Å². The minimum absolute atomic E-state index is 0.292. The number of methoxy groups -OCH3 is 1. The lowest BCUT2D eigenvalue weighted by Gasteiger charge is -2.07. The first-order chi connectivity index (χ1) is 17.2. The Balaban J connectivity index is 1.28. The molecule has 4 aromatic heterocycles. The molecule has 6 rings (SSSR count). The third-order valence-electron chi connectivity index (χ3n) is 5.40. The molecule has 0 aliphatic carbocycles. The second-order valence-electron chi connectivity index (χ2n) is 7.73. The summed E-state index contributed by atoms with van der Waals surface area (Å²) in [6.45, 7) is -0.125. The zero-order valence-corrected chi connectivity index (χ0v) is 20.2. The first-order valence-corrected chi connectivity index (χ1v) is 12.6. The number of alkyl halides is 1. The second-order valence-corrected chi connectivity index (χ2v) is 9.63. The van der Waals surface area contributed by atoms with E-state index in [0.29, 0.717) is 51.5 Å². The molecule has 2 aromatic carbocycles. The summed E-state index contributed by atoms with van der Waals surface area (Å²) in [5.41, 5.74) is 3.19. The summed E-state index contributed by atoms with van der Waals surface area (Å²) in [4.78, 5) is 10.00. The molecular formula is C25H19FN4O3S2. The number of rotatable bonds is 8. The number of furan rings is 1. The highest BCUT2D eigenvalue weighted by molar-refractivity contribution is 7.16. The van der Waals surface area contributed by atoms with Crippen LogP contribution in [-0.2, 0) is 13.0 Å². The van der Waals surface area contributed by atoms with Crippen molar-refractivity contribution in [2.24, 2.45) is 0 Å². The Bertz CT molecular complexity index is 1590. The number of aryl methyl sites for hydroxylation is 1. The number of hydrogen-bond donors (Lipinski definition) is 0. The fourth-order valence-corrected chi connectivity index (χ4v) is 5.39.